The third-order valence-corrected chi connectivity index (χ3v) is 1.71. The first-order valence-electron chi connectivity index (χ1n) is 2.32. The van der Waals surface area contributed by atoms with Crippen LogP contribution in [0.15, 0.2) is 0 Å². The van der Waals surface area contributed by atoms with Crippen LogP contribution in [-0.2, 0) is 6.66 Å². The molecule has 1 aromatic heterocycles. The highest BCUT2D eigenvalue weighted by Crippen LogP contribution is 2.13. The molecule has 1 aromatic rings. The van der Waals surface area contributed by atoms with Crippen LogP contribution in [0.1, 0.15) is 0 Å². The van der Waals surface area contributed by atoms with Crippen molar-refractivity contribution < 1.29 is 0 Å². The highest BCUT2D eigenvalue weighted by atomic mass is 31.1. The Labute approximate surface area is 53.3 Å². The number of nitrogens with two attached hydrogens (primary N) is 2. The van der Waals surface area contributed by atoms with E-state index in [9.17, 15) is 0 Å². The topological polar surface area (TPSA) is 90.7 Å². The van der Waals surface area contributed by atoms with Crippen molar-refractivity contribution in [3.8, 4) is 0 Å². The minimum Gasteiger partial charge on any atom is -0.365 e. The Morgan fingerprint density at radius 1 is 1.22 bits per heavy atom. The van der Waals surface area contributed by atoms with Crippen molar-refractivity contribution in [3.05, 3.63) is 0 Å². The Kier molecular flexibility index (Phi) is 1.44. The Morgan fingerprint density at radius 3 is 2.00 bits per heavy atom. The number of aryl methyl sites for hydroxylation is 1. The molecule has 0 unspecified atom stereocenters. The van der Waals surface area contributed by atoms with Crippen LogP contribution in [0.2, 0.25) is 0 Å². The first kappa shape index (κ1) is 6.16. The molecule has 9 heavy (non-hydrogen) atoms. The molecule has 0 amide bonds. The molecule has 0 atom stereocenters. The quantitative estimate of drug-likeness (QED) is 0.528. The Hall–Kier alpha value is -0.960. The van der Waals surface area contributed by atoms with Crippen molar-refractivity contribution in [2.75, 3.05) is 11.5 Å². The van der Waals surface area contributed by atoms with Gasteiger partial charge >= 0.3 is 7.85 Å². The molecule has 0 aliphatic carbocycles. The minimum atomic E-state index is -0.738. The summed E-state index contributed by atoms with van der Waals surface area (Å²) in [5, 5.41) is 0. The summed E-state index contributed by atoms with van der Waals surface area (Å²) in [4.78, 5) is 3.60. The van der Waals surface area contributed by atoms with Gasteiger partial charge in [-0.15, -0.1) is 0 Å². The van der Waals surface area contributed by atoms with E-state index >= 15 is 0 Å². The van der Waals surface area contributed by atoms with Gasteiger partial charge in [-0.3, -0.25) is 0 Å². The van der Waals surface area contributed by atoms with Gasteiger partial charge in [-0.1, -0.05) is 0 Å². The summed E-state index contributed by atoms with van der Waals surface area (Å²) in [6, 6.07) is 0. The summed E-state index contributed by atoms with van der Waals surface area (Å²) < 4.78 is 7.72. The van der Waals surface area contributed by atoms with E-state index < -0.39 is 7.85 Å². The molecule has 1 rings (SSSR count). The van der Waals surface area contributed by atoms with Crippen LogP contribution in [0, 0.1) is 0 Å². The fourth-order valence-electron chi connectivity index (χ4n) is 0.481. The van der Waals surface area contributed by atoms with Crippen LogP contribution in [0.5, 0.6) is 0 Å². The predicted molar refractivity (Wildman–Crippen MR) is 36.7 cm³/mol. The van der Waals surface area contributed by atoms with Crippen molar-refractivity contribution >= 4 is 19.7 Å². The first-order chi connectivity index (χ1) is 4.18. The van der Waals surface area contributed by atoms with Gasteiger partial charge in [0.2, 0.25) is 0 Å². The molecule has 0 aliphatic heterocycles. The predicted octanol–water partition coefficient (Wildman–Crippen LogP) is -0.159. The lowest BCUT2D eigenvalue weighted by Crippen LogP contribution is -1.99. The molecule has 6 heteroatoms. The van der Waals surface area contributed by atoms with Gasteiger partial charge < -0.3 is 11.5 Å². The molecule has 4 N–H and O–H groups in total. The Balaban J connectivity index is 3.17. The number of aromatic nitrogens is 3. The Morgan fingerprint density at radius 2 is 1.67 bits per heavy atom. The Bertz CT molecular complexity index is 173. The molecule has 48 valence electrons. The van der Waals surface area contributed by atoms with Gasteiger partial charge in [-0.25, -0.2) is 0 Å². The van der Waals surface area contributed by atoms with Crippen LogP contribution in [-0.4, -0.2) is 14.5 Å². The van der Waals surface area contributed by atoms with E-state index in [1.54, 1.807) is 0 Å². The van der Waals surface area contributed by atoms with Gasteiger partial charge in [0, 0.05) is 0 Å². The molecule has 0 bridgehead atoms. The lowest BCUT2D eigenvalue weighted by Gasteiger charge is -1.84. The number of anilines is 2. The molecule has 0 fully saturated rings. The maximum atomic E-state index is 5.25. The number of hydrogen-bond acceptors (Lipinski definition) is 5. The van der Waals surface area contributed by atoms with Crippen molar-refractivity contribution in [2.45, 2.75) is 0 Å². The van der Waals surface area contributed by atoms with Gasteiger partial charge in [-0.2, -0.15) is 4.98 Å². The van der Waals surface area contributed by atoms with Crippen LogP contribution in [0.25, 0.3) is 0 Å². The zero-order valence-electron chi connectivity index (χ0n) is 4.94. The maximum Gasteiger partial charge on any atom is 0.355 e. The molecule has 1 heterocycles. The number of nitrogens with zero attached hydrogens (tertiary/aromatic N) is 3. The normalized spacial score (nSPS) is 9.44. The monoisotopic (exact) mass is 144 g/mol. The second kappa shape index (κ2) is 2.11. The first-order valence-corrected chi connectivity index (χ1v) is 4.01. The number of nitrogen functional groups attached to an aromatic ring is 2. The largest absolute Gasteiger partial charge is 0.365 e. The summed E-state index contributed by atoms with van der Waals surface area (Å²) in [6.07, 6.45) is 0. The summed E-state index contributed by atoms with van der Waals surface area (Å²) in [5.41, 5.74) is 10.5. The van der Waals surface area contributed by atoms with E-state index in [2.05, 4.69) is 14.5 Å². The van der Waals surface area contributed by atoms with Gasteiger partial charge in [0.1, 0.15) is 6.66 Å². The average Bonchev–Trinajstić information content (AvgIpc) is 1.59. The van der Waals surface area contributed by atoms with Crippen molar-refractivity contribution in [1.29, 1.82) is 0 Å². The van der Waals surface area contributed by atoms with Gasteiger partial charge in [0.05, 0.1) is 0 Å². The molecule has 5 nitrogen and oxygen atoms in total. The van der Waals surface area contributed by atoms with Gasteiger partial charge in [0.15, 0.2) is 0 Å². The maximum absolute atomic E-state index is 5.25. The van der Waals surface area contributed by atoms with Gasteiger partial charge in [0.25, 0.3) is 11.9 Å². The summed E-state index contributed by atoms with van der Waals surface area (Å²) in [6.45, 7) is 1.85. The highest BCUT2D eigenvalue weighted by molar-refractivity contribution is 7.39. The SMILES string of the molecule is C[p+]1nc(N)nc(N)n1. The molecule has 0 spiro atoms. The van der Waals surface area contributed by atoms with Crippen molar-refractivity contribution in [1.82, 2.24) is 14.5 Å². The summed E-state index contributed by atoms with van der Waals surface area (Å²) in [5.74, 6) is 0.465. The van der Waals surface area contributed by atoms with E-state index in [4.69, 9.17) is 11.5 Å². The van der Waals surface area contributed by atoms with Crippen LogP contribution < -0.4 is 11.5 Å². The standard InChI is InChI=1S/C3H7N5P/c1-9-7-2(4)6-3(5)8-9/h1H3,(H4,4,5,6,7,8)/q+1. The second-order valence-corrected chi connectivity index (χ2v) is 2.90. The highest BCUT2D eigenvalue weighted by Gasteiger charge is 2.04. The fraction of sp³-hybridized carbons (Fsp3) is 0.333. The average molecular weight is 144 g/mol. The van der Waals surface area contributed by atoms with Crippen LogP contribution in [0.4, 0.5) is 11.9 Å². The molecule has 0 radical (unpaired) electrons. The summed E-state index contributed by atoms with van der Waals surface area (Å²) in [7, 11) is -0.738. The van der Waals surface area contributed by atoms with Gasteiger partial charge in [-0.05, 0) is 9.49 Å². The lowest BCUT2D eigenvalue weighted by atomic mass is 11.0. The van der Waals surface area contributed by atoms with Crippen molar-refractivity contribution in [3.63, 3.8) is 0 Å². The third kappa shape index (κ3) is 1.47. The molecule has 0 saturated heterocycles. The van der Waals surface area contributed by atoms with E-state index in [-0.39, 0.29) is 11.9 Å². The molecular weight excluding hydrogens is 137 g/mol. The fourth-order valence-corrected chi connectivity index (χ4v) is 1.21. The zero-order valence-corrected chi connectivity index (χ0v) is 5.84. The van der Waals surface area contributed by atoms with Crippen molar-refractivity contribution in [2.24, 2.45) is 6.66 Å². The van der Waals surface area contributed by atoms with Crippen LogP contribution >= 0.6 is 7.85 Å². The van der Waals surface area contributed by atoms with E-state index in [0.29, 0.717) is 0 Å². The minimum absolute atomic E-state index is 0.233. The molecule has 0 aromatic carbocycles. The number of hydrogen-bond donors (Lipinski definition) is 2. The molecular formula is C3H7N5P+. The lowest BCUT2D eigenvalue weighted by molar-refractivity contribution is 1.20. The zero-order chi connectivity index (χ0) is 6.85. The number of rotatable bonds is 0. The third-order valence-electron chi connectivity index (χ3n) is 0.723. The summed E-state index contributed by atoms with van der Waals surface area (Å²) >= 11 is 0. The van der Waals surface area contributed by atoms with E-state index in [1.165, 1.54) is 0 Å². The second-order valence-electron chi connectivity index (χ2n) is 1.52. The molecule has 0 aliphatic rings. The smallest absolute Gasteiger partial charge is 0.355 e. The molecule has 0 saturated carbocycles. The van der Waals surface area contributed by atoms with E-state index in [0.717, 1.165) is 0 Å². The van der Waals surface area contributed by atoms with E-state index in [1.807, 2.05) is 6.66 Å². The van der Waals surface area contributed by atoms with Crippen LogP contribution in [0.3, 0.4) is 0 Å².